The van der Waals surface area contributed by atoms with Crippen molar-refractivity contribution in [3.63, 3.8) is 0 Å². The topological polar surface area (TPSA) is 50.8 Å². The predicted octanol–water partition coefficient (Wildman–Crippen LogP) is 9.06. The number of esters is 1. The minimum Gasteiger partial charge on any atom is -0.456 e. The summed E-state index contributed by atoms with van der Waals surface area (Å²) < 4.78 is 12.8. The standard InChI is InChI=1S/C34H33ClN2O3/c1-3-5-20-37(21-6-4-2)23-18-19-27(35)29(22-23)36-28-15-11-17-31-32(28)34(26-14-9-10-16-30(26)39-31)25-13-8-7-12-24(25)33(38)40-34/h7-19,22,36H,3-6,20-21H2,1-2H3. The first kappa shape index (κ1) is 26.3. The maximum atomic E-state index is 13.3. The Morgan fingerprint density at radius 3 is 2.27 bits per heavy atom. The summed E-state index contributed by atoms with van der Waals surface area (Å²) in [6.07, 6.45) is 4.54. The summed E-state index contributed by atoms with van der Waals surface area (Å²) in [6.45, 7) is 6.43. The van der Waals surface area contributed by atoms with Crippen LogP contribution in [0.3, 0.4) is 0 Å². The summed E-state index contributed by atoms with van der Waals surface area (Å²) in [6, 6.07) is 27.4. The zero-order valence-corrected chi connectivity index (χ0v) is 23.6. The van der Waals surface area contributed by atoms with Gasteiger partial charge < -0.3 is 19.7 Å². The molecule has 4 aromatic rings. The van der Waals surface area contributed by atoms with E-state index in [0.717, 1.165) is 72.5 Å². The first-order valence-corrected chi connectivity index (χ1v) is 14.5. The molecule has 1 atom stereocenters. The lowest BCUT2D eigenvalue weighted by atomic mass is 9.77. The van der Waals surface area contributed by atoms with Gasteiger partial charge in [0.25, 0.3) is 0 Å². The third kappa shape index (κ3) is 4.39. The number of nitrogens with one attached hydrogen (secondary N) is 1. The molecule has 40 heavy (non-hydrogen) atoms. The molecular weight excluding hydrogens is 520 g/mol. The first-order valence-electron chi connectivity index (χ1n) is 14.1. The van der Waals surface area contributed by atoms with E-state index in [2.05, 4.69) is 36.2 Å². The normalized spacial score (nSPS) is 16.5. The number of anilines is 3. The highest BCUT2D eigenvalue weighted by Crippen LogP contribution is 2.58. The van der Waals surface area contributed by atoms with Crippen LogP contribution in [0, 0.1) is 0 Å². The molecule has 0 fully saturated rings. The van der Waals surface area contributed by atoms with Gasteiger partial charge in [0, 0.05) is 29.9 Å². The Morgan fingerprint density at radius 2 is 1.50 bits per heavy atom. The van der Waals surface area contributed by atoms with E-state index >= 15 is 0 Å². The molecule has 5 nitrogen and oxygen atoms in total. The van der Waals surface area contributed by atoms with Crippen LogP contribution in [0.25, 0.3) is 0 Å². The highest BCUT2D eigenvalue weighted by molar-refractivity contribution is 6.33. The van der Waals surface area contributed by atoms with Gasteiger partial charge in [-0.1, -0.05) is 80.8 Å². The number of carbonyl (C=O) groups excluding carboxylic acids is 1. The third-order valence-corrected chi connectivity index (χ3v) is 8.11. The predicted molar refractivity (Wildman–Crippen MR) is 161 cm³/mol. The van der Waals surface area contributed by atoms with E-state index in [0.29, 0.717) is 22.1 Å². The Bertz CT molecular complexity index is 1560. The van der Waals surface area contributed by atoms with E-state index in [1.807, 2.05) is 72.8 Å². The Labute approximate surface area is 240 Å². The van der Waals surface area contributed by atoms with Crippen molar-refractivity contribution in [2.45, 2.75) is 45.1 Å². The average Bonchev–Trinajstić information content (AvgIpc) is 3.27. The maximum absolute atomic E-state index is 13.3. The molecule has 1 N–H and O–H groups in total. The number of fused-ring (bicyclic) bond motifs is 6. The minimum atomic E-state index is -1.15. The van der Waals surface area contributed by atoms with E-state index in [1.54, 1.807) is 0 Å². The van der Waals surface area contributed by atoms with Crippen molar-refractivity contribution in [2.75, 3.05) is 23.3 Å². The maximum Gasteiger partial charge on any atom is 0.340 e. The molecule has 0 radical (unpaired) electrons. The van der Waals surface area contributed by atoms with Gasteiger partial charge in [-0.2, -0.15) is 0 Å². The highest BCUT2D eigenvalue weighted by Gasteiger charge is 2.54. The number of carbonyl (C=O) groups is 1. The molecule has 2 heterocycles. The van der Waals surface area contributed by atoms with Crippen molar-refractivity contribution < 1.29 is 14.3 Å². The van der Waals surface area contributed by atoms with E-state index < -0.39 is 5.60 Å². The zero-order valence-electron chi connectivity index (χ0n) is 22.9. The SMILES string of the molecule is CCCCN(CCCC)c1ccc(Cl)c(Nc2cccc3c2C2(OC(=O)c4ccccc42)c2ccccc2O3)c1. The molecular formula is C34H33ClN2O3. The number of benzene rings is 4. The highest BCUT2D eigenvalue weighted by atomic mass is 35.5. The fraction of sp³-hybridized carbons (Fsp3) is 0.265. The number of halogens is 1. The second-order valence-corrected chi connectivity index (χ2v) is 10.8. The van der Waals surface area contributed by atoms with E-state index in [4.69, 9.17) is 21.1 Å². The van der Waals surface area contributed by atoms with Crippen LogP contribution in [0.1, 0.15) is 66.6 Å². The Balaban J connectivity index is 1.48. The van der Waals surface area contributed by atoms with Crippen LogP contribution in [0.15, 0.2) is 84.9 Å². The number of unbranched alkanes of at least 4 members (excludes halogenated alkanes) is 2. The van der Waals surface area contributed by atoms with Gasteiger partial charge in [0.15, 0.2) is 5.60 Å². The van der Waals surface area contributed by atoms with E-state index in [9.17, 15) is 4.79 Å². The van der Waals surface area contributed by atoms with Crippen LogP contribution in [0.5, 0.6) is 11.5 Å². The van der Waals surface area contributed by atoms with Crippen LogP contribution in [0.2, 0.25) is 5.02 Å². The number of nitrogens with zero attached hydrogens (tertiary/aromatic N) is 1. The number of para-hydroxylation sites is 1. The molecule has 1 spiro atoms. The van der Waals surface area contributed by atoms with E-state index in [1.165, 1.54) is 0 Å². The molecule has 6 heteroatoms. The van der Waals surface area contributed by atoms with Crippen LogP contribution < -0.4 is 15.0 Å². The molecule has 1 unspecified atom stereocenters. The molecule has 0 aliphatic carbocycles. The fourth-order valence-electron chi connectivity index (χ4n) is 5.80. The second-order valence-electron chi connectivity index (χ2n) is 10.4. The number of hydrogen-bond donors (Lipinski definition) is 1. The Kier molecular flexibility index (Phi) is 7.16. The van der Waals surface area contributed by atoms with Crippen molar-refractivity contribution in [2.24, 2.45) is 0 Å². The monoisotopic (exact) mass is 552 g/mol. The van der Waals surface area contributed by atoms with Gasteiger partial charge >= 0.3 is 5.97 Å². The number of rotatable bonds is 9. The number of hydrogen-bond acceptors (Lipinski definition) is 5. The Morgan fingerprint density at radius 1 is 0.800 bits per heavy atom. The smallest absolute Gasteiger partial charge is 0.340 e. The largest absolute Gasteiger partial charge is 0.456 e. The fourth-order valence-corrected chi connectivity index (χ4v) is 5.97. The molecule has 0 saturated heterocycles. The van der Waals surface area contributed by atoms with Crippen molar-refractivity contribution in [1.82, 2.24) is 0 Å². The van der Waals surface area contributed by atoms with Crippen molar-refractivity contribution in [1.29, 1.82) is 0 Å². The van der Waals surface area contributed by atoms with Gasteiger partial charge in [-0.15, -0.1) is 0 Å². The third-order valence-electron chi connectivity index (χ3n) is 7.78. The van der Waals surface area contributed by atoms with Crippen LogP contribution in [-0.4, -0.2) is 19.1 Å². The molecule has 6 rings (SSSR count). The summed E-state index contributed by atoms with van der Waals surface area (Å²) >= 11 is 6.78. The quantitative estimate of drug-likeness (QED) is 0.210. The summed E-state index contributed by atoms with van der Waals surface area (Å²) in [5.41, 5.74) is 4.44. The lowest BCUT2D eigenvalue weighted by Crippen LogP contribution is -2.33. The summed E-state index contributed by atoms with van der Waals surface area (Å²) in [5.74, 6) is 0.947. The first-order chi connectivity index (χ1) is 19.6. The zero-order chi connectivity index (χ0) is 27.7. The molecule has 0 amide bonds. The van der Waals surface area contributed by atoms with Gasteiger partial charge in [-0.05, 0) is 55.3 Å². The second kappa shape index (κ2) is 10.9. The summed E-state index contributed by atoms with van der Waals surface area (Å²) in [7, 11) is 0. The van der Waals surface area contributed by atoms with Crippen LogP contribution in [-0.2, 0) is 10.3 Å². The molecule has 0 saturated carbocycles. The average molecular weight is 553 g/mol. The van der Waals surface area contributed by atoms with Gasteiger partial charge in [-0.25, -0.2) is 4.79 Å². The Hall–Kier alpha value is -3.96. The molecule has 4 aromatic carbocycles. The molecule has 2 aliphatic rings. The van der Waals surface area contributed by atoms with Crippen LogP contribution >= 0.6 is 11.6 Å². The lowest BCUT2D eigenvalue weighted by molar-refractivity contribution is 0.0227. The van der Waals surface area contributed by atoms with Crippen molar-refractivity contribution in [3.8, 4) is 11.5 Å². The summed E-state index contributed by atoms with van der Waals surface area (Å²) in [5, 5.41) is 4.22. The summed E-state index contributed by atoms with van der Waals surface area (Å²) in [4.78, 5) is 15.7. The van der Waals surface area contributed by atoms with E-state index in [-0.39, 0.29) is 5.97 Å². The van der Waals surface area contributed by atoms with Crippen molar-refractivity contribution in [3.05, 3.63) is 112 Å². The van der Waals surface area contributed by atoms with Gasteiger partial charge in [0.05, 0.1) is 27.5 Å². The van der Waals surface area contributed by atoms with Crippen LogP contribution in [0.4, 0.5) is 17.1 Å². The lowest BCUT2D eigenvalue weighted by Gasteiger charge is -2.38. The van der Waals surface area contributed by atoms with Crippen molar-refractivity contribution >= 4 is 34.6 Å². The minimum absolute atomic E-state index is 0.351. The van der Waals surface area contributed by atoms with Gasteiger partial charge in [0.1, 0.15) is 11.5 Å². The molecule has 2 aliphatic heterocycles. The van der Waals surface area contributed by atoms with Gasteiger partial charge in [0.2, 0.25) is 0 Å². The molecule has 0 bridgehead atoms. The molecule has 0 aromatic heterocycles. The van der Waals surface area contributed by atoms with Gasteiger partial charge in [-0.3, -0.25) is 0 Å². The molecule has 204 valence electrons. The number of ether oxygens (including phenoxy) is 2.